The van der Waals surface area contributed by atoms with Crippen molar-refractivity contribution in [3.05, 3.63) is 16.8 Å². The molecule has 0 radical (unpaired) electrons. The third-order valence-corrected chi connectivity index (χ3v) is 5.20. The van der Waals surface area contributed by atoms with E-state index in [-0.39, 0.29) is 0 Å². The van der Waals surface area contributed by atoms with E-state index in [1.807, 2.05) is 0 Å². The molecule has 6 heteroatoms. The summed E-state index contributed by atoms with van der Waals surface area (Å²) in [6.45, 7) is 4.28. The van der Waals surface area contributed by atoms with E-state index < -0.39 is 0 Å². The molecule has 0 atom stereocenters. The molecule has 1 aliphatic heterocycles. The van der Waals surface area contributed by atoms with Crippen LogP contribution in [-0.4, -0.2) is 46.0 Å². The van der Waals surface area contributed by atoms with Crippen LogP contribution in [0, 0.1) is 6.92 Å². The molecule has 0 unspecified atom stereocenters. The molecule has 0 amide bonds. The van der Waals surface area contributed by atoms with Gasteiger partial charge in [-0.1, -0.05) is 0 Å². The van der Waals surface area contributed by atoms with Crippen LogP contribution in [0.5, 0.6) is 0 Å². The molecular weight excluding hydrogens is 288 g/mol. The number of fused-ring (bicyclic) bond motifs is 3. The molecule has 1 saturated heterocycles. The molecule has 0 saturated carbocycles. The topological polar surface area (TPSA) is 80.0 Å². The number of piperidine rings is 1. The Balaban J connectivity index is 1.69. The van der Waals surface area contributed by atoms with Gasteiger partial charge in [0.05, 0.1) is 5.39 Å². The highest BCUT2D eigenvalue weighted by molar-refractivity contribution is 5.91. The molecular formula is C17H24N6. The maximum absolute atomic E-state index is 6.27. The molecule has 6 nitrogen and oxygen atoms in total. The van der Waals surface area contributed by atoms with E-state index >= 15 is 0 Å². The lowest BCUT2D eigenvalue weighted by Crippen LogP contribution is -2.37. The molecule has 3 heterocycles. The van der Waals surface area contributed by atoms with Gasteiger partial charge in [-0.25, -0.2) is 4.98 Å². The first-order chi connectivity index (χ1) is 11.1. The number of aryl methyl sites for hydroxylation is 2. The largest absolute Gasteiger partial charge is 0.383 e. The van der Waals surface area contributed by atoms with E-state index in [2.05, 4.69) is 34.2 Å². The summed E-state index contributed by atoms with van der Waals surface area (Å²) in [5.74, 6) is 1.19. The zero-order valence-electron chi connectivity index (χ0n) is 13.9. The van der Waals surface area contributed by atoms with Crippen LogP contribution in [0.2, 0.25) is 0 Å². The Kier molecular flexibility index (Phi) is 3.56. The highest BCUT2D eigenvalue weighted by Gasteiger charge is 2.22. The zero-order valence-corrected chi connectivity index (χ0v) is 13.9. The van der Waals surface area contributed by atoms with Crippen molar-refractivity contribution >= 4 is 22.8 Å². The zero-order chi connectivity index (χ0) is 16.0. The normalized spacial score (nSPS) is 19.2. The predicted molar refractivity (Wildman–Crippen MR) is 92.6 cm³/mol. The van der Waals surface area contributed by atoms with Crippen LogP contribution in [0.1, 0.15) is 36.1 Å². The molecule has 2 aliphatic rings. The number of aromatic nitrogens is 3. The fourth-order valence-electron chi connectivity index (χ4n) is 3.88. The quantitative estimate of drug-likeness (QED) is 0.882. The van der Waals surface area contributed by atoms with Crippen LogP contribution in [0.3, 0.4) is 0 Å². The fourth-order valence-corrected chi connectivity index (χ4v) is 3.88. The summed E-state index contributed by atoms with van der Waals surface area (Å²) >= 11 is 0. The minimum Gasteiger partial charge on any atom is -0.383 e. The van der Waals surface area contributed by atoms with E-state index in [0.29, 0.717) is 17.8 Å². The van der Waals surface area contributed by atoms with Gasteiger partial charge in [-0.05, 0) is 70.3 Å². The smallest absolute Gasteiger partial charge is 0.226 e. The standard InChI is InChI=1S/C17H24N6/c1-10-12-4-3-5-13(12)14-15(18)21-17(22-16(14)19-10)20-11-6-8-23(2)9-7-11/h11H,3-9H2,1-2H3,(H3,18,19,20,21,22). The fraction of sp³-hybridized carbons (Fsp3) is 0.588. The molecule has 0 bridgehead atoms. The number of nitrogens with two attached hydrogens (primary N) is 1. The number of likely N-dealkylation sites (tertiary alicyclic amines) is 1. The number of nitrogen functional groups attached to an aromatic ring is 1. The second-order valence-corrected chi connectivity index (χ2v) is 6.86. The van der Waals surface area contributed by atoms with Gasteiger partial charge < -0.3 is 16.0 Å². The molecule has 3 N–H and O–H groups in total. The average Bonchev–Trinajstić information content (AvgIpc) is 2.99. The molecule has 2 aromatic rings. The van der Waals surface area contributed by atoms with Gasteiger partial charge in [0.2, 0.25) is 5.95 Å². The Labute approximate surface area is 136 Å². The molecule has 122 valence electrons. The Morgan fingerprint density at radius 3 is 2.61 bits per heavy atom. The minimum atomic E-state index is 0.415. The number of hydrogen-bond acceptors (Lipinski definition) is 6. The lowest BCUT2D eigenvalue weighted by Gasteiger charge is -2.29. The van der Waals surface area contributed by atoms with Crippen molar-refractivity contribution in [2.45, 2.75) is 45.1 Å². The van der Waals surface area contributed by atoms with Gasteiger partial charge in [-0.2, -0.15) is 9.97 Å². The predicted octanol–water partition coefficient (Wildman–Crippen LogP) is 1.91. The van der Waals surface area contributed by atoms with Crippen molar-refractivity contribution in [2.24, 2.45) is 0 Å². The maximum Gasteiger partial charge on any atom is 0.226 e. The van der Waals surface area contributed by atoms with Gasteiger partial charge in [0.25, 0.3) is 0 Å². The molecule has 0 spiro atoms. The first-order valence-electron chi connectivity index (χ1n) is 8.52. The number of nitrogens with zero attached hydrogens (tertiary/aromatic N) is 4. The molecule has 23 heavy (non-hydrogen) atoms. The number of pyridine rings is 1. The minimum absolute atomic E-state index is 0.415. The van der Waals surface area contributed by atoms with Gasteiger partial charge in [0.1, 0.15) is 5.82 Å². The number of hydrogen-bond donors (Lipinski definition) is 2. The van der Waals surface area contributed by atoms with Gasteiger partial charge in [0.15, 0.2) is 5.65 Å². The van der Waals surface area contributed by atoms with Crippen LogP contribution < -0.4 is 11.1 Å². The van der Waals surface area contributed by atoms with Crippen molar-refractivity contribution in [1.82, 2.24) is 19.9 Å². The summed E-state index contributed by atoms with van der Waals surface area (Å²) in [4.78, 5) is 16.2. The lowest BCUT2D eigenvalue weighted by atomic mass is 10.1. The summed E-state index contributed by atoms with van der Waals surface area (Å²) < 4.78 is 0. The van der Waals surface area contributed by atoms with Gasteiger partial charge in [-0.15, -0.1) is 0 Å². The van der Waals surface area contributed by atoms with E-state index in [0.717, 1.165) is 55.5 Å². The average molecular weight is 312 g/mol. The van der Waals surface area contributed by atoms with Gasteiger partial charge >= 0.3 is 0 Å². The Bertz CT molecular complexity index is 749. The van der Waals surface area contributed by atoms with Crippen LogP contribution in [0.25, 0.3) is 11.0 Å². The van der Waals surface area contributed by atoms with E-state index in [4.69, 9.17) is 10.7 Å². The number of anilines is 2. The monoisotopic (exact) mass is 312 g/mol. The highest BCUT2D eigenvalue weighted by atomic mass is 15.2. The van der Waals surface area contributed by atoms with Gasteiger partial charge in [0, 0.05) is 11.7 Å². The third kappa shape index (κ3) is 2.61. The molecule has 1 aliphatic carbocycles. The SMILES string of the molecule is Cc1nc2nc(NC3CCN(C)CC3)nc(N)c2c2c1CCC2. The van der Waals surface area contributed by atoms with E-state index in [9.17, 15) is 0 Å². The van der Waals surface area contributed by atoms with Crippen LogP contribution in [0.15, 0.2) is 0 Å². The van der Waals surface area contributed by atoms with Crippen molar-refractivity contribution < 1.29 is 0 Å². The Morgan fingerprint density at radius 2 is 1.83 bits per heavy atom. The second kappa shape index (κ2) is 5.60. The summed E-state index contributed by atoms with van der Waals surface area (Å²) in [5.41, 5.74) is 10.8. The van der Waals surface area contributed by atoms with Gasteiger partial charge in [-0.3, -0.25) is 0 Å². The van der Waals surface area contributed by atoms with Crippen LogP contribution in [0.4, 0.5) is 11.8 Å². The molecule has 0 aromatic carbocycles. The van der Waals surface area contributed by atoms with Crippen molar-refractivity contribution in [3.8, 4) is 0 Å². The van der Waals surface area contributed by atoms with E-state index in [1.54, 1.807) is 0 Å². The van der Waals surface area contributed by atoms with Crippen molar-refractivity contribution in [1.29, 1.82) is 0 Å². The first-order valence-corrected chi connectivity index (χ1v) is 8.52. The second-order valence-electron chi connectivity index (χ2n) is 6.86. The number of nitrogens with one attached hydrogen (secondary N) is 1. The summed E-state index contributed by atoms with van der Waals surface area (Å²) in [5, 5.41) is 4.42. The van der Waals surface area contributed by atoms with E-state index in [1.165, 1.54) is 17.5 Å². The molecule has 4 rings (SSSR count). The summed E-state index contributed by atoms with van der Waals surface area (Å²) in [6, 6.07) is 0.415. The summed E-state index contributed by atoms with van der Waals surface area (Å²) in [7, 11) is 2.16. The van der Waals surface area contributed by atoms with Crippen molar-refractivity contribution in [3.63, 3.8) is 0 Å². The van der Waals surface area contributed by atoms with Crippen LogP contribution in [-0.2, 0) is 12.8 Å². The summed E-state index contributed by atoms with van der Waals surface area (Å²) in [6.07, 6.45) is 5.54. The molecule has 2 aromatic heterocycles. The first kappa shape index (κ1) is 14.6. The Morgan fingerprint density at radius 1 is 1.09 bits per heavy atom. The third-order valence-electron chi connectivity index (χ3n) is 5.20. The number of rotatable bonds is 2. The molecule has 1 fully saturated rings. The highest BCUT2D eigenvalue weighted by Crippen LogP contribution is 2.33. The van der Waals surface area contributed by atoms with Crippen LogP contribution >= 0.6 is 0 Å². The Hall–Kier alpha value is -1.95. The maximum atomic E-state index is 6.27. The lowest BCUT2D eigenvalue weighted by molar-refractivity contribution is 0.263. The van der Waals surface area contributed by atoms with Crippen molar-refractivity contribution in [2.75, 3.05) is 31.2 Å².